The number of nitrogens with zero attached hydrogens (tertiary/aromatic N) is 2. The summed E-state index contributed by atoms with van der Waals surface area (Å²) in [5.74, 6) is -0.650. The minimum absolute atomic E-state index is 0.107. The number of thioether (sulfide) groups is 1. The summed E-state index contributed by atoms with van der Waals surface area (Å²) in [6.07, 6.45) is -2.01. The lowest BCUT2D eigenvalue weighted by Gasteiger charge is -2.20. The summed E-state index contributed by atoms with van der Waals surface area (Å²) in [4.78, 5) is 18.9. The first-order chi connectivity index (χ1) is 11.8. The second-order valence-electron chi connectivity index (χ2n) is 5.78. The predicted octanol–water partition coefficient (Wildman–Crippen LogP) is 4.36. The highest BCUT2D eigenvalue weighted by molar-refractivity contribution is 7.98. The molecule has 132 valence electrons. The summed E-state index contributed by atoms with van der Waals surface area (Å²) >= 11 is 1.12. The molecule has 3 rings (SSSR count). The average Bonchev–Trinajstić information content (AvgIpc) is 2.58. The summed E-state index contributed by atoms with van der Waals surface area (Å²) < 4.78 is 39.9. The van der Waals surface area contributed by atoms with E-state index in [1.807, 2.05) is 0 Å². The van der Waals surface area contributed by atoms with E-state index < -0.39 is 17.8 Å². The number of hydrogen-bond acceptors (Lipinski definition) is 4. The van der Waals surface area contributed by atoms with E-state index in [0.717, 1.165) is 30.2 Å². The van der Waals surface area contributed by atoms with Gasteiger partial charge in [0.1, 0.15) is 0 Å². The molecular formula is C17H15F3N2O2S. The van der Waals surface area contributed by atoms with E-state index in [9.17, 15) is 18.0 Å². The molecule has 0 amide bonds. The topological polar surface area (TPSA) is 63.1 Å². The molecule has 2 aromatic rings. The lowest BCUT2D eigenvalue weighted by atomic mass is 9.94. The van der Waals surface area contributed by atoms with Crippen LogP contribution in [0.2, 0.25) is 0 Å². The number of aromatic carboxylic acids is 1. The Hall–Kier alpha value is -2.09. The van der Waals surface area contributed by atoms with E-state index in [4.69, 9.17) is 5.11 Å². The molecule has 1 heterocycles. The Bertz CT molecular complexity index is 792. The van der Waals surface area contributed by atoms with Crippen LogP contribution >= 0.6 is 11.8 Å². The van der Waals surface area contributed by atoms with Gasteiger partial charge in [0.2, 0.25) is 0 Å². The molecule has 0 bridgehead atoms. The van der Waals surface area contributed by atoms with Gasteiger partial charge < -0.3 is 5.11 Å². The Morgan fingerprint density at radius 1 is 1.12 bits per heavy atom. The Kier molecular flexibility index (Phi) is 4.99. The number of fused-ring (bicyclic) bond motifs is 1. The molecule has 0 fully saturated rings. The molecule has 0 spiro atoms. The smallest absolute Gasteiger partial charge is 0.433 e. The molecule has 0 radical (unpaired) electrons. The van der Waals surface area contributed by atoms with Gasteiger partial charge in [0.15, 0.2) is 10.9 Å². The molecule has 1 N–H and O–H groups in total. The van der Waals surface area contributed by atoms with Gasteiger partial charge >= 0.3 is 12.1 Å². The van der Waals surface area contributed by atoms with Crippen LogP contribution in [0.5, 0.6) is 0 Å². The van der Waals surface area contributed by atoms with Crippen molar-refractivity contribution in [2.45, 2.75) is 42.8 Å². The quantitative estimate of drug-likeness (QED) is 0.642. The number of aromatic nitrogens is 2. The third kappa shape index (κ3) is 4.12. The van der Waals surface area contributed by atoms with Crippen molar-refractivity contribution in [3.05, 3.63) is 52.3 Å². The van der Waals surface area contributed by atoms with Crippen LogP contribution in [0.15, 0.2) is 29.4 Å². The molecule has 1 aromatic heterocycles. The van der Waals surface area contributed by atoms with E-state index in [-0.39, 0.29) is 16.3 Å². The summed E-state index contributed by atoms with van der Waals surface area (Å²) in [7, 11) is 0. The predicted molar refractivity (Wildman–Crippen MR) is 86.6 cm³/mol. The highest BCUT2D eigenvalue weighted by atomic mass is 32.2. The minimum Gasteiger partial charge on any atom is -0.478 e. The van der Waals surface area contributed by atoms with Crippen LogP contribution < -0.4 is 0 Å². The maximum Gasteiger partial charge on any atom is 0.433 e. The molecule has 0 unspecified atom stereocenters. The van der Waals surface area contributed by atoms with Crippen LogP contribution in [-0.4, -0.2) is 21.0 Å². The van der Waals surface area contributed by atoms with Crippen molar-refractivity contribution in [3.8, 4) is 0 Å². The van der Waals surface area contributed by atoms with E-state index in [1.54, 1.807) is 12.1 Å². The number of benzene rings is 1. The Balaban J connectivity index is 1.81. The molecule has 0 saturated heterocycles. The number of aryl methyl sites for hydroxylation is 1. The lowest BCUT2D eigenvalue weighted by Crippen LogP contribution is -2.19. The van der Waals surface area contributed by atoms with Crippen molar-refractivity contribution >= 4 is 17.7 Å². The molecule has 0 saturated carbocycles. The number of hydrogen-bond donors (Lipinski definition) is 1. The van der Waals surface area contributed by atoms with Gasteiger partial charge in [-0.1, -0.05) is 23.9 Å². The van der Waals surface area contributed by atoms with Gasteiger partial charge in [-0.15, -0.1) is 0 Å². The van der Waals surface area contributed by atoms with Gasteiger partial charge in [0.05, 0.1) is 5.56 Å². The number of carboxylic acid groups (broad SMARTS) is 1. The summed E-state index contributed by atoms with van der Waals surface area (Å²) in [5.41, 5.74) is 0.871. The monoisotopic (exact) mass is 368 g/mol. The Morgan fingerprint density at radius 2 is 1.80 bits per heavy atom. The fourth-order valence-electron chi connectivity index (χ4n) is 2.76. The largest absolute Gasteiger partial charge is 0.478 e. The first-order valence-electron chi connectivity index (χ1n) is 7.76. The highest BCUT2D eigenvalue weighted by Gasteiger charge is 2.37. The first kappa shape index (κ1) is 17.7. The van der Waals surface area contributed by atoms with Gasteiger partial charge in [-0.25, -0.2) is 14.8 Å². The maximum absolute atomic E-state index is 13.3. The van der Waals surface area contributed by atoms with Crippen molar-refractivity contribution in [3.63, 3.8) is 0 Å². The highest BCUT2D eigenvalue weighted by Crippen LogP contribution is 2.36. The zero-order chi connectivity index (χ0) is 18.0. The molecule has 25 heavy (non-hydrogen) atoms. The van der Waals surface area contributed by atoms with Crippen LogP contribution in [0.1, 0.15) is 45.7 Å². The normalized spacial score (nSPS) is 14.2. The molecular weight excluding hydrogens is 353 g/mol. The maximum atomic E-state index is 13.3. The van der Waals surface area contributed by atoms with Crippen LogP contribution in [0.25, 0.3) is 0 Å². The van der Waals surface area contributed by atoms with Gasteiger partial charge in [-0.3, -0.25) is 0 Å². The molecule has 1 aromatic carbocycles. The van der Waals surface area contributed by atoms with Crippen LogP contribution in [-0.2, 0) is 24.8 Å². The second-order valence-corrected chi connectivity index (χ2v) is 6.72. The lowest BCUT2D eigenvalue weighted by molar-refractivity contribution is -0.142. The van der Waals surface area contributed by atoms with E-state index in [0.29, 0.717) is 24.3 Å². The fourth-order valence-corrected chi connectivity index (χ4v) is 3.58. The summed E-state index contributed by atoms with van der Waals surface area (Å²) in [6.45, 7) is 0. The van der Waals surface area contributed by atoms with Crippen molar-refractivity contribution in [1.82, 2.24) is 9.97 Å². The van der Waals surface area contributed by atoms with Gasteiger partial charge in [0.25, 0.3) is 0 Å². The van der Waals surface area contributed by atoms with Crippen molar-refractivity contribution < 1.29 is 23.1 Å². The number of alkyl halides is 3. The zero-order valence-corrected chi connectivity index (χ0v) is 14.0. The molecule has 0 atom stereocenters. The zero-order valence-electron chi connectivity index (χ0n) is 13.1. The standard InChI is InChI=1S/C17H15F3N2O2S/c18-17(19,20)14-12-3-1-2-4-13(12)21-16(22-14)25-9-10-5-7-11(8-6-10)15(23)24/h5-8H,1-4,9H2,(H,23,24). The Morgan fingerprint density at radius 3 is 2.44 bits per heavy atom. The number of carbonyl (C=O) groups is 1. The van der Waals surface area contributed by atoms with Gasteiger partial charge in [0, 0.05) is 17.0 Å². The molecule has 0 aliphatic heterocycles. The third-order valence-corrected chi connectivity index (χ3v) is 4.92. The number of halogens is 3. The SMILES string of the molecule is O=C(O)c1ccc(CSc2nc3c(c(C(F)(F)F)n2)CCCC3)cc1. The van der Waals surface area contributed by atoms with Crippen molar-refractivity contribution in [1.29, 1.82) is 0 Å². The third-order valence-electron chi connectivity index (χ3n) is 4.00. The minimum atomic E-state index is -4.48. The number of carboxylic acids is 1. The summed E-state index contributed by atoms with van der Waals surface area (Å²) in [5, 5.41) is 8.98. The van der Waals surface area contributed by atoms with E-state index >= 15 is 0 Å². The molecule has 1 aliphatic rings. The second kappa shape index (κ2) is 7.03. The van der Waals surface area contributed by atoms with Gasteiger partial charge in [-0.2, -0.15) is 13.2 Å². The van der Waals surface area contributed by atoms with E-state index in [1.165, 1.54) is 12.1 Å². The molecule has 1 aliphatic carbocycles. The van der Waals surface area contributed by atoms with Crippen LogP contribution in [0.4, 0.5) is 13.2 Å². The van der Waals surface area contributed by atoms with Gasteiger partial charge in [-0.05, 0) is 43.4 Å². The summed E-state index contributed by atoms with van der Waals surface area (Å²) in [6, 6.07) is 6.21. The first-order valence-corrected chi connectivity index (χ1v) is 8.75. The molecule has 8 heteroatoms. The van der Waals surface area contributed by atoms with Crippen LogP contribution in [0, 0.1) is 0 Å². The van der Waals surface area contributed by atoms with Crippen molar-refractivity contribution in [2.75, 3.05) is 0 Å². The molecule has 4 nitrogen and oxygen atoms in total. The average molecular weight is 368 g/mol. The van der Waals surface area contributed by atoms with E-state index in [2.05, 4.69) is 9.97 Å². The number of rotatable bonds is 4. The fraction of sp³-hybridized carbons (Fsp3) is 0.353. The Labute approximate surface area is 146 Å². The van der Waals surface area contributed by atoms with Crippen LogP contribution in [0.3, 0.4) is 0 Å². The van der Waals surface area contributed by atoms with Crippen molar-refractivity contribution in [2.24, 2.45) is 0 Å².